The Morgan fingerprint density at radius 1 is 1.26 bits per heavy atom. The molecule has 0 aliphatic carbocycles. The lowest BCUT2D eigenvalue weighted by Crippen LogP contribution is -2.50. The fourth-order valence-electron chi connectivity index (χ4n) is 3.89. The van der Waals surface area contributed by atoms with Gasteiger partial charge in [-0.05, 0) is 55.8 Å². The fraction of sp³-hybridized carbons (Fsp3) is 0.417. The molecule has 0 saturated heterocycles. The molecule has 0 saturated carbocycles. The summed E-state index contributed by atoms with van der Waals surface area (Å²) in [5.41, 5.74) is 0.725. The lowest BCUT2D eigenvalue weighted by Gasteiger charge is -2.37. The smallest absolute Gasteiger partial charge is 0.247 e. The summed E-state index contributed by atoms with van der Waals surface area (Å²) < 4.78 is 74.9. The molecule has 11 heteroatoms. The Bertz CT molecular complexity index is 1280. The van der Waals surface area contributed by atoms with Crippen molar-refractivity contribution in [2.24, 2.45) is 5.92 Å². The van der Waals surface area contributed by atoms with Crippen molar-refractivity contribution in [3.8, 4) is 5.75 Å². The molecule has 0 unspecified atom stereocenters. The largest absolute Gasteiger partial charge is 0.487 e. The van der Waals surface area contributed by atoms with E-state index in [4.69, 9.17) is 4.74 Å². The van der Waals surface area contributed by atoms with Crippen molar-refractivity contribution in [2.45, 2.75) is 42.7 Å². The topological polar surface area (TPSA) is 104 Å². The van der Waals surface area contributed by atoms with Gasteiger partial charge in [0.25, 0.3) is 0 Å². The van der Waals surface area contributed by atoms with Crippen LogP contribution in [0.5, 0.6) is 5.75 Å². The van der Waals surface area contributed by atoms with E-state index in [1.807, 2.05) is 13.0 Å². The van der Waals surface area contributed by atoms with Crippen LogP contribution in [0.1, 0.15) is 26.3 Å². The maximum atomic E-state index is 13.5. The number of nitrogens with zero attached hydrogens (tertiary/aromatic N) is 2. The van der Waals surface area contributed by atoms with Crippen molar-refractivity contribution < 1.29 is 31.1 Å². The summed E-state index contributed by atoms with van der Waals surface area (Å²) in [5.74, 6) is -0.862. The highest BCUT2D eigenvalue weighted by atomic mass is 32.2. The van der Waals surface area contributed by atoms with Crippen molar-refractivity contribution in [3.63, 3.8) is 0 Å². The molecule has 0 amide bonds. The Morgan fingerprint density at radius 2 is 1.91 bits per heavy atom. The molecule has 0 radical (unpaired) electrons. The van der Waals surface area contributed by atoms with E-state index in [2.05, 4.69) is 0 Å². The number of ether oxygens (including phenoxy) is 1. The molecule has 0 bridgehead atoms. The van der Waals surface area contributed by atoms with E-state index >= 15 is 0 Å². The fourth-order valence-corrected chi connectivity index (χ4v) is 6.90. The van der Waals surface area contributed by atoms with Crippen molar-refractivity contribution >= 4 is 26.1 Å². The molecule has 1 heterocycles. The normalized spacial score (nSPS) is 21.8. The highest BCUT2D eigenvalue weighted by Gasteiger charge is 2.39. The number of aliphatic hydroxyl groups is 1. The molecule has 0 aromatic heterocycles. The van der Waals surface area contributed by atoms with Crippen LogP contribution in [0.25, 0.3) is 6.08 Å². The van der Waals surface area contributed by atoms with Crippen LogP contribution in [-0.2, 0) is 20.0 Å². The van der Waals surface area contributed by atoms with Gasteiger partial charge in [-0.25, -0.2) is 21.2 Å². The second-order valence-corrected chi connectivity index (χ2v) is 12.6. The Kier molecular flexibility index (Phi) is 8.38. The Morgan fingerprint density at radius 3 is 2.51 bits per heavy atom. The maximum Gasteiger partial charge on any atom is 0.247 e. The third kappa shape index (κ3) is 5.75. The summed E-state index contributed by atoms with van der Waals surface area (Å²) >= 11 is 0. The Balaban J connectivity index is 2.04. The second-order valence-electron chi connectivity index (χ2n) is 8.69. The molecule has 2 aromatic carbocycles. The Labute approximate surface area is 206 Å². The number of sulfonamides is 2. The van der Waals surface area contributed by atoms with Gasteiger partial charge in [0.1, 0.15) is 22.6 Å². The predicted molar refractivity (Wildman–Crippen MR) is 131 cm³/mol. The highest BCUT2D eigenvalue weighted by Crippen LogP contribution is 2.34. The third-order valence-electron chi connectivity index (χ3n) is 6.01. The zero-order valence-electron chi connectivity index (χ0n) is 20.1. The number of hydrogen-bond acceptors (Lipinski definition) is 6. The van der Waals surface area contributed by atoms with Crippen LogP contribution < -0.4 is 4.74 Å². The summed E-state index contributed by atoms with van der Waals surface area (Å²) in [4.78, 5) is -0.110. The average molecular weight is 527 g/mol. The SMILES string of the molecule is C/C=C/c1ccc2c(c1)O[C@H](CN(C)S(=O)(=O)c1ccc(F)cc1)[C@H](C)CN([C@H](C)CO)S2(=O)=O. The minimum atomic E-state index is -3.99. The molecule has 1 aliphatic heterocycles. The first kappa shape index (κ1) is 27.3. The van der Waals surface area contributed by atoms with Crippen molar-refractivity contribution in [1.29, 1.82) is 0 Å². The van der Waals surface area contributed by atoms with E-state index in [1.54, 1.807) is 32.1 Å². The van der Waals surface area contributed by atoms with Crippen molar-refractivity contribution in [1.82, 2.24) is 8.61 Å². The van der Waals surface area contributed by atoms with E-state index < -0.39 is 43.9 Å². The van der Waals surface area contributed by atoms with Crippen molar-refractivity contribution in [2.75, 3.05) is 26.7 Å². The molecule has 1 aliphatic rings. The van der Waals surface area contributed by atoms with Gasteiger partial charge in [0, 0.05) is 25.6 Å². The maximum absolute atomic E-state index is 13.5. The van der Waals surface area contributed by atoms with E-state index in [0.29, 0.717) is 0 Å². The van der Waals surface area contributed by atoms with E-state index in [0.717, 1.165) is 22.0 Å². The summed E-state index contributed by atoms with van der Waals surface area (Å²) in [7, 11) is -6.54. The van der Waals surface area contributed by atoms with E-state index in [1.165, 1.54) is 29.6 Å². The molecule has 3 rings (SSSR count). The number of allylic oxidation sites excluding steroid dienone is 1. The molecule has 192 valence electrons. The first-order chi connectivity index (χ1) is 16.4. The standard InChI is InChI=1S/C24H31FN2O6S2/c1-5-6-19-7-12-24-22(13-19)33-23(17(2)14-27(18(3)16-28)35(24,31)32)15-26(4)34(29,30)21-10-8-20(25)9-11-21/h5-13,17-18,23,28H,14-16H2,1-4H3/b6-5+/t17-,18-,23-/m1/s1. The number of fused-ring (bicyclic) bond motifs is 1. The van der Waals surface area contributed by atoms with Gasteiger partial charge in [0.15, 0.2) is 0 Å². The van der Waals surface area contributed by atoms with Crippen LogP contribution in [0.4, 0.5) is 4.39 Å². The molecule has 3 atom stereocenters. The molecule has 0 fully saturated rings. The molecule has 0 spiro atoms. The van der Waals surface area contributed by atoms with Gasteiger partial charge < -0.3 is 9.84 Å². The Hall–Kier alpha value is -2.31. The van der Waals surface area contributed by atoms with E-state index in [-0.39, 0.29) is 35.2 Å². The van der Waals surface area contributed by atoms with Crippen LogP contribution >= 0.6 is 0 Å². The zero-order chi connectivity index (χ0) is 26.0. The molecule has 8 nitrogen and oxygen atoms in total. The van der Waals surface area contributed by atoms with Crippen molar-refractivity contribution in [3.05, 3.63) is 59.9 Å². The molecule has 1 N–H and O–H groups in total. The highest BCUT2D eigenvalue weighted by molar-refractivity contribution is 7.89. The molecular formula is C24H31FN2O6S2. The number of halogens is 1. The number of benzene rings is 2. The average Bonchev–Trinajstić information content (AvgIpc) is 2.81. The molecular weight excluding hydrogens is 495 g/mol. The third-order valence-corrected chi connectivity index (χ3v) is 9.87. The lowest BCUT2D eigenvalue weighted by atomic mass is 10.0. The summed E-state index contributed by atoms with van der Waals surface area (Å²) in [6.45, 7) is 4.79. The van der Waals surface area contributed by atoms with E-state index in [9.17, 15) is 26.3 Å². The van der Waals surface area contributed by atoms with Gasteiger partial charge in [-0.2, -0.15) is 8.61 Å². The predicted octanol–water partition coefficient (Wildman–Crippen LogP) is 2.95. The molecule has 2 aromatic rings. The minimum Gasteiger partial charge on any atom is -0.487 e. The van der Waals surface area contributed by atoms with Crippen LogP contribution in [-0.4, -0.2) is 69.4 Å². The lowest BCUT2D eigenvalue weighted by molar-refractivity contribution is 0.0904. The minimum absolute atomic E-state index is 0.0230. The molecule has 35 heavy (non-hydrogen) atoms. The van der Waals surface area contributed by atoms with Crippen LogP contribution in [0.3, 0.4) is 0 Å². The van der Waals surface area contributed by atoms with Crippen LogP contribution in [0.2, 0.25) is 0 Å². The summed E-state index contributed by atoms with van der Waals surface area (Å²) in [6, 6.07) is 8.58. The summed E-state index contributed by atoms with van der Waals surface area (Å²) in [5, 5.41) is 9.73. The quantitative estimate of drug-likeness (QED) is 0.595. The first-order valence-corrected chi connectivity index (χ1v) is 14.1. The van der Waals surface area contributed by atoms with Crippen LogP contribution in [0, 0.1) is 11.7 Å². The van der Waals surface area contributed by atoms with Gasteiger partial charge in [-0.3, -0.25) is 0 Å². The number of aliphatic hydroxyl groups excluding tert-OH is 1. The monoisotopic (exact) mass is 526 g/mol. The first-order valence-electron chi connectivity index (χ1n) is 11.2. The number of hydrogen-bond donors (Lipinski definition) is 1. The van der Waals surface area contributed by atoms with Gasteiger partial charge in [-0.1, -0.05) is 25.1 Å². The number of rotatable bonds is 7. The van der Waals surface area contributed by atoms with Gasteiger partial charge >= 0.3 is 0 Å². The zero-order valence-corrected chi connectivity index (χ0v) is 21.8. The number of likely N-dealkylation sites (N-methyl/N-ethyl adjacent to an activating group) is 1. The van der Waals surface area contributed by atoms with Gasteiger partial charge in [-0.15, -0.1) is 0 Å². The summed E-state index contributed by atoms with van der Waals surface area (Å²) in [6.07, 6.45) is 2.90. The second kappa shape index (κ2) is 10.8. The van der Waals surface area contributed by atoms with Crippen LogP contribution in [0.15, 0.2) is 58.3 Å². The van der Waals surface area contributed by atoms with Gasteiger partial charge in [0.05, 0.1) is 18.0 Å². The van der Waals surface area contributed by atoms with Gasteiger partial charge in [0.2, 0.25) is 20.0 Å².